The molecule has 0 aliphatic carbocycles. The fourth-order valence-electron chi connectivity index (χ4n) is 3.75. The van der Waals surface area contributed by atoms with E-state index < -0.39 is 0 Å². The monoisotopic (exact) mass is 495 g/mol. The Morgan fingerprint density at radius 2 is 1.71 bits per heavy atom. The van der Waals surface area contributed by atoms with Crippen LogP contribution in [-0.2, 0) is 11.3 Å². The average molecular weight is 496 g/mol. The lowest BCUT2D eigenvalue weighted by atomic mass is 10.0. The number of thioether (sulfide) groups is 1. The van der Waals surface area contributed by atoms with Gasteiger partial charge in [-0.05, 0) is 62.1 Å². The van der Waals surface area contributed by atoms with Crippen LogP contribution in [0.3, 0.4) is 0 Å². The van der Waals surface area contributed by atoms with Crippen LogP contribution in [0.5, 0.6) is 5.75 Å². The molecule has 0 saturated carbocycles. The Hall–Kier alpha value is -3.33. The Labute approximate surface area is 210 Å². The molecule has 0 radical (unpaired) electrons. The number of methoxy groups -OCH3 is 1. The third kappa shape index (κ3) is 6.42. The summed E-state index contributed by atoms with van der Waals surface area (Å²) in [7, 11) is 1.59. The number of carbonyl (C=O) groups is 2. The maximum Gasteiger partial charge on any atom is 0.251 e. The van der Waals surface area contributed by atoms with E-state index in [9.17, 15) is 9.59 Å². The number of nitrogens with zero attached hydrogens (tertiary/aromatic N) is 3. The molecule has 2 aromatic carbocycles. The Morgan fingerprint density at radius 1 is 1.06 bits per heavy atom. The summed E-state index contributed by atoms with van der Waals surface area (Å²) < 4.78 is 7.13. The summed E-state index contributed by atoms with van der Waals surface area (Å²) in [4.78, 5) is 25.5. The van der Waals surface area contributed by atoms with Gasteiger partial charge in [-0.25, -0.2) is 0 Å². The third-order valence-corrected chi connectivity index (χ3v) is 6.69. The number of ether oxygens (including phenoxy) is 1. The van der Waals surface area contributed by atoms with Crippen molar-refractivity contribution in [2.24, 2.45) is 5.92 Å². The largest absolute Gasteiger partial charge is 0.497 e. The molecule has 1 atom stereocenters. The summed E-state index contributed by atoms with van der Waals surface area (Å²) in [6, 6.07) is 12.6. The van der Waals surface area contributed by atoms with Crippen LogP contribution in [-0.4, -0.2) is 39.4 Å². The van der Waals surface area contributed by atoms with Crippen LogP contribution in [0.25, 0.3) is 0 Å². The molecule has 2 N–H and O–H groups in total. The van der Waals surface area contributed by atoms with Crippen LogP contribution in [0.15, 0.2) is 47.6 Å². The van der Waals surface area contributed by atoms with Gasteiger partial charge in [0.1, 0.15) is 5.75 Å². The average Bonchev–Trinajstić information content (AvgIpc) is 3.25. The van der Waals surface area contributed by atoms with Gasteiger partial charge in [-0.2, -0.15) is 0 Å². The molecule has 0 unspecified atom stereocenters. The number of aromatic nitrogens is 3. The summed E-state index contributed by atoms with van der Waals surface area (Å²) in [5.41, 5.74) is 3.43. The van der Waals surface area contributed by atoms with Gasteiger partial charge < -0.3 is 19.9 Å². The van der Waals surface area contributed by atoms with Crippen LogP contribution in [0.4, 0.5) is 5.69 Å². The molecule has 0 spiro atoms. The lowest BCUT2D eigenvalue weighted by molar-refractivity contribution is -0.113. The Kier molecular flexibility index (Phi) is 8.92. The maximum absolute atomic E-state index is 12.9. The zero-order valence-electron chi connectivity index (χ0n) is 21.1. The summed E-state index contributed by atoms with van der Waals surface area (Å²) in [5, 5.41) is 15.5. The van der Waals surface area contributed by atoms with E-state index >= 15 is 0 Å². The number of para-hydroxylation sites is 1. The van der Waals surface area contributed by atoms with E-state index in [1.165, 1.54) is 11.8 Å². The van der Waals surface area contributed by atoms with E-state index in [0.717, 1.165) is 16.8 Å². The van der Waals surface area contributed by atoms with Gasteiger partial charge in [0.05, 0.1) is 18.9 Å². The lowest BCUT2D eigenvalue weighted by Gasteiger charge is -2.22. The molecular weight excluding hydrogens is 462 g/mol. The molecule has 0 aliphatic rings. The molecule has 9 heteroatoms. The van der Waals surface area contributed by atoms with E-state index in [1.807, 2.05) is 57.4 Å². The number of hydrogen-bond donors (Lipinski definition) is 2. The molecule has 0 bridgehead atoms. The number of benzene rings is 2. The van der Waals surface area contributed by atoms with Crippen molar-refractivity contribution in [3.63, 3.8) is 0 Å². The number of nitrogens with one attached hydrogen (secondary N) is 2. The molecule has 3 rings (SSSR count). The first-order valence-corrected chi connectivity index (χ1v) is 12.6. The second kappa shape index (κ2) is 11.9. The molecule has 2 amide bonds. The minimum Gasteiger partial charge on any atom is -0.497 e. The summed E-state index contributed by atoms with van der Waals surface area (Å²) >= 11 is 1.33. The minimum atomic E-state index is -0.338. The molecule has 3 aromatic rings. The molecule has 1 heterocycles. The van der Waals surface area contributed by atoms with E-state index in [-0.39, 0.29) is 29.5 Å². The Morgan fingerprint density at radius 3 is 2.29 bits per heavy atom. The SMILES string of the molecule is CCn1c(SCC(=O)Nc2c(C)cccc2C)nnc1[C@H](NC(=O)c1ccc(OC)cc1)C(C)C. The van der Waals surface area contributed by atoms with Crippen molar-refractivity contribution in [2.75, 3.05) is 18.2 Å². The predicted molar refractivity (Wildman–Crippen MR) is 139 cm³/mol. The van der Waals surface area contributed by atoms with Crippen molar-refractivity contribution >= 4 is 29.3 Å². The van der Waals surface area contributed by atoms with Gasteiger partial charge in [-0.1, -0.05) is 43.8 Å². The number of anilines is 1. The normalized spacial score (nSPS) is 11.9. The lowest BCUT2D eigenvalue weighted by Crippen LogP contribution is -2.33. The summed E-state index contributed by atoms with van der Waals surface area (Å²) in [6.07, 6.45) is 0. The molecular formula is C26H33N5O3S. The minimum absolute atomic E-state index is 0.0804. The number of aryl methyl sites for hydroxylation is 2. The molecule has 0 fully saturated rings. The number of hydrogen-bond acceptors (Lipinski definition) is 6. The Balaban J connectivity index is 1.72. The summed E-state index contributed by atoms with van der Waals surface area (Å²) in [6.45, 7) is 10.6. The van der Waals surface area contributed by atoms with Crippen molar-refractivity contribution < 1.29 is 14.3 Å². The fourth-order valence-corrected chi connectivity index (χ4v) is 4.56. The topological polar surface area (TPSA) is 98.1 Å². The van der Waals surface area contributed by atoms with Gasteiger partial charge in [0.15, 0.2) is 11.0 Å². The van der Waals surface area contributed by atoms with Crippen molar-refractivity contribution in [1.29, 1.82) is 0 Å². The van der Waals surface area contributed by atoms with Gasteiger partial charge >= 0.3 is 0 Å². The van der Waals surface area contributed by atoms with Crippen LogP contribution in [0, 0.1) is 19.8 Å². The highest BCUT2D eigenvalue weighted by Gasteiger charge is 2.26. The quantitative estimate of drug-likeness (QED) is 0.393. The van der Waals surface area contributed by atoms with Crippen LogP contribution >= 0.6 is 11.8 Å². The van der Waals surface area contributed by atoms with E-state index in [4.69, 9.17) is 4.74 Å². The second-order valence-electron chi connectivity index (χ2n) is 8.61. The first-order valence-electron chi connectivity index (χ1n) is 11.6. The second-order valence-corrected chi connectivity index (χ2v) is 9.55. The fraction of sp³-hybridized carbons (Fsp3) is 0.385. The Bertz CT molecular complexity index is 1150. The molecule has 186 valence electrons. The highest BCUT2D eigenvalue weighted by molar-refractivity contribution is 7.99. The zero-order chi connectivity index (χ0) is 25.5. The zero-order valence-corrected chi connectivity index (χ0v) is 21.9. The number of amides is 2. The first kappa shape index (κ1) is 26.3. The van der Waals surface area contributed by atoms with Gasteiger partial charge in [0, 0.05) is 17.8 Å². The third-order valence-electron chi connectivity index (χ3n) is 5.72. The van der Waals surface area contributed by atoms with Crippen LogP contribution < -0.4 is 15.4 Å². The predicted octanol–water partition coefficient (Wildman–Crippen LogP) is 4.78. The molecule has 35 heavy (non-hydrogen) atoms. The van der Waals surface area contributed by atoms with Crippen LogP contribution in [0.1, 0.15) is 54.1 Å². The van der Waals surface area contributed by atoms with Crippen molar-refractivity contribution in [1.82, 2.24) is 20.1 Å². The summed E-state index contributed by atoms with van der Waals surface area (Å²) in [5.74, 6) is 1.35. The van der Waals surface area contributed by atoms with Gasteiger partial charge in [0.2, 0.25) is 5.91 Å². The highest BCUT2D eigenvalue weighted by atomic mass is 32.2. The number of rotatable bonds is 10. The highest BCUT2D eigenvalue weighted by Crippen LogP contribution is 2.26. The van der Waals surface area contributed by atoms with Crippen molar-refractivity contribution in [2.45, 2.75) is 52.4 Å². The van der Waals surface area contributed by atoms with E-state index in [1.54, 1.807) is 31.4 Å². The smallest absolute Gasteiger partial charge is 0.251 e. The molecule has 0 saturated heterocycles. The van der Waals surface area contributed by atoms with Crippen LogP contribution in [0.2, 0.25) is 0 Å². The first-order chi connectivity index (χ1) is 16.7. The maximum atomic E-state index is 12.9. The van der Waals surface area contributed by atoms with Crippen molar-refractivity contribution in [3.05, 3.63) is 65.0 Å². The molecule has 1 aromatic heterocycles. The standard InChI is InChI=1S/C26H33N5O3S/c1-7-31-24(22(16(2)3)28-25(33)19-11-13-20(34-6)14-12-19)29-30-26(31)35-15-21(32)27-23-17(4)9-8-10-18(23)5/h8-14,16,22H,7,15H2,1-6H3,(H,27,32)(H,28,33)/t22-/m1/s1. The van der Waals surface area contributed by atoms with Gasteiger partial charge in [0.25, 0.3) is 5.91 Å². The molecule has 8 nitrogen and oxygen atoms in total. The van der Waals surface area contributed by atoms with Gasteiger partial charge in [-0.15, -0.1) is 10.2 Å². The van der Waals surface area contributed by atoms with Crippen molar-refractivity contribution in [3.8, 4) is 5.75 Å². The van der Waals surface area contributed by atoms with Gasteiger partial charge in [-0.3, -0.25) is 9.59 Å². The van der Waals surface area contributed by atoms with E-state index in [2.05, 4.69) is 20.8 Å². The number of carbonyl (C=O) groups excluding carboxylic acids is 2. The van der Waals surface area contributed by atoms with E-state index in [0.29, 0.717) is 28.8 Å². The molecule has 0 aliphatic heterocycles.